The summed E-state index contributed by atoms with van der Waals surface area (Å²) in [6, 6.07) is 9.85. The number of nitrogens with zero attached hydrogens (tertiary/aromatic N) is 2. The lowest BCUT2D eigenvalue weighted by atomic mass is 9.85. The van der Waals surface area contributed by atoms with E-state index in [1.54, 1.807) is 29.3 Å². The predicted molar refractivity (Wildman–Crippen MR) is 98.1 cm³/mol. The van der Waals surface area contributed by atoms with Gasteiger partial charge in [0.2, 0.25) is 0 Å². The predicted octanol–water partition coefficient (Wildman–Crippen LogP) is 4.90. The van der Waals surface area contributed by atoms with E-state index in [2.05, 4.69) is 11.6 Å². The summed E-state index contributed by atoms with van der Waals surface area (Å²) in [6.07, 6.45) is 4.22. The minimum absolute atomic E-state index is 0.182. The van der Waals surface area contributed by atoms with Crippen LogP contribution in [0.2, 0.25) is 0 Å². The van der Waals surface area contributed by atoms with Crippen molar-refractivity contribution in [3.05, 3.63) is 77.9 Å². The van der Waals surface area contributed by atoms with Crippen LogP contribution in [-0.4, -0.2) is 22.5 Å². The fraction of sp³-hybridized carbons (Fsp3) is 0.333. The lowest BCUT2D eigenvalue weighted by Crippen LogP contribution is -2.48. The summed E-state index contributed by atoms with van der Waals surface area (Å²) in [7, 11) is 0. The van der Waals surface area contributed by atoms with Gasteiger partial charge >= 0.3 is 6.09 Å². The van der Waals surface area contributed by atoms with Gasteiger partial charge in [-0.25, -0.2) is 9.18 Å². The number of hydrogen-bond donors (Lipinski definition) is 0. The lowest BCUT2D eigenvalue weighted by molar-refractivity contribution is -0.0592. The summed E-state index contributed by atoms with van der Waals surface area (Å²) < 4.78 is 19.2. The summed E-state index contributed by atoms with van der Waals surface area (Å²) in [6.45, 7) is 8.23. The molecule has 5 heteroatoms. The number of carbonyl (C=O) groups is 1. The van der Waals surface area contributed by atoms with E-state index in [4.69, 9.17) is 4.74 Å². The third-order valence-electron chi connectivity index (χ3n) is 4.95. The van der Waals surface area contributed by atoms with Gasteiger partial charge in [-0.1, -0.05) is 24.3 Å². The van der Waals surface area contributed by atoms with Crippen LogP contribution in [0, 0.1) is 12.7 Å². The third-order valence-corrected chi connectivity index (χ3v) is 4.95. The number of cyclic esters (lactones) is 1. The number of halogens is 1. The van der Waals surface area contributed by atoms with Crippen molar-refractivity contribution >= 4 is 6.09 Å². The Morgan fingerprint density at radius 2 is 2.08 bits per heavy atom. The fourth-order valence-corrected chi connectivity index (χ4v) is 3.36. The van der Waals surface area contributed by atoms with Crippen molar-refractivity contribution in [1.29, 1.82) is 0 Å². The van der Waals surface area contributed by atoms with E-state index in [1.807, 2.05) is 26.0 Å². The number of aromatic nitrogens is 1. The van der Waals surface area contributed by atoms with Gasteiger partial charge in [0.1, 0.15) is 11.4 Å². The van der Waals surface area contributed by atoms with Crippen LogP contribution in [0.4, 0.5) is 9.18 Å². The lowest BCUT2D eigenvalue weighted by Gasteiger charge is -2.43. The number of pyridine rings is 1. The van der Waals surface area contributed by atoms with Crippen molar-refractivity contribution in [3.8, 4) is 0 Å². The molecule has 1 aromatic heterocycles. The van der Waals surface area contributed by atoms with Crippen LogP contribution in [0.3, 0.4) is 0 Å². The van der Waals surface area contributed by atoms with Crippen molar-refractivity contribution < 1.29 is 13.9 Å². The normalized spacial score (nSPS) is 21.2. The molecule has 1 saturated heterocycles. The summed E-state index contributed by atoms with van der Waals surface area (Å²) in [5.74, 6) is -0.315. The molecule has 2 unspecified atom stereocenters. The quantitative estimate of drug-likeness (QED) is 0.717. The molecule has 4 nitrogen and oxygen atoms in total. The highest BCUT2D eigenvalue weighted by Gasteiger charge is 2.42. The van der Waals surface area contributed by atoms with E-state index < -0.39 is 11.7 Å². The van der Waals surface area contributed by atoms with Gasteiger partial charge in [0.05, 0.1) is 11.7 Å². The number of amides is 1. The van der Waals surface area contributed by atoms with E-state index >= 15 is 0 Å². The summed E-state index contributed by atoms with van der Waals surface area (Å²) in [4.78, 5) is 18.9. The zero-order valence-electron chi connectivity index (χ0n) is 15.1. The van der Waals surface area contributed by atoms with Crippen molar-refractivity contribution in [2.75, 3.05) is 6.54 Å². The van der Waals surface area contributed by atoms with Crippen LogP contribution in [0.1, 0.15) is 42.6 Å². The zero-order valence-corrected chi connectivity index (χ0v) is 15.1. The molecule has 0 bridgehead atoms. The molecule has 2 aromatic rings. The second-order valence-corrected chi connectivity index (χ2v) is 6.74. The second-order valence-electron chi connectivity index (χ2n) is 6.74. The van der Waals surface area contributed by atoms with Gasteiger partial charge in [0.25, 0.3) is 0 Å². The summed E-state index contributed by atoms with van der Waals surface area (Å²) in [5, 5.41) is 0. The zero-order chi connectivity index (χ0) is 18.7. The first kappa shape index (κ1) is 18.1. The molecule has 1 aliphatic heterocycles. The maximum absolute atomic E-state index is 13.3. The molecule has 1 fully saturated rings. The Morgan fingerprint density at radius 1 is 1.35 bits per heavy atom. The smallest absolute Gasteiger partial charge is 0.411 e. The molecule has 0 radical (unpaired) electrons. The molecule has 1 amide bonds. The largest absolute Gasteiger partial charge is 0.437 e. The average Bonchev–Trinajstić information content (AvgIpc) is 2.63. The van der Waals surface area contributed by atoms with Crippen LogP contribution in [0.15, 0.2) is 55.3 Å². The summed E-state index contributed by atoms with van der Waals surface area (Å²) in [5.41, 5.74) is 1.88. The monoisotopic (exact) mass is 354 g/mol. The van der Waals surface area contributed by atoms with Gasteiger partial charge < -0.3 is 4.74 Å². The van der Waals surface area contributed by atoms with Gasteiger partial charge in [-0.15, -0.1) is 6.58 Å². The van der Waals surface area contributed by atoms with Gasteiger partial charge in [-0.2, -0.15) is 0 Å². The van der Waals surface area contributed by atoms with Crippen LogP contribution in [0.5, 0.6) is 0 Å². The standard InChI is InChI=1S/C21H23FN2O2/c1-4-11-21(17-6-8-18(22)9-7-17)12-13-24(20(25)26-21)16(3)19-10-5-15(2)14-23-19/h4-10,14,16H,1,11-13H2,2-3H3. The molecule has 3 rings (SSSR count). The average molecular weight is 354 g/mol. The topological polar surface area (TPSA) is 42.4 Å². The Labute approximate surface area is 153 Å². The van der Waals surface area contributed by atoms with Crippen molar-refractivity contribution in [2.24, 2.45) is 0 Å². The number of hydrogen-bond acceptors (Lipinski definition) is 3. The maximum Gasteiger partial charge on any atom is 0.411 e. The number of carbonyl (C=O) groups excluding carboxylic acids is 1. The van der Waals surface area contributed by atoms with Crippen LogP contribution >= 0.6 is 0 Å². The molecular formula is C21H23FN2O2. The minimum atomic E-state index is -0.802. The first-order valence-electron chi connectivity index (χ1n) is 8.74. The Morgan fingerprint density at radius 3 is 2.65 bits per heavy atom. The van der Waals surface area contributed by atoms with Gasteiger partial charge in [0, 0.05) is 25.6 Å². The molecule has 136 valence electrons. The Balaban J connectivity index is 1.83. The number of ether oxygens (including phenoxy) is 1. The first-order chi connectivity index (χ1) is 12.4. The molecule has 1 aromatic carbocycles. The highest BCUT2D eigenvalue weighted by Crippen LogP contribution is 2.39. The summed E-state index contributed by atoms with van der Waals surface area (Å²) >= 11 is 0. The molecule has 2 heterocycles. The third kappa shape index (κ3) is 3.47. The highest BCUT2D eigenvalue weighted by molar-refractivity contribution is 5.70. The van der Waals surface area contributed by atoms with Gasteiger partial charge in [-0.3, -0.25) is 9.88 Å². The molecule has 0 N–H and O–H groups in total. The minimum Gasteiger partial charge on any atom is -0.437 e. The van der Waals surface area contributed by atoms with E-state index in [1.165, 1.54) is 12.1 Å². The van der Waals surface area contributed by atoms with Crippen molar-refractivity contribution in [3.63, 3.8) is 0 Å². The molecule has 26 heavy (non-hydrogen) atoms. The Bertz CT molecular complexity index is 789. The molecule has 0 aliphatic carbocycles. The van der Waals surface area contributed by atoms with E-state index in [0.29, 0.717) is 19.4 Å². The number of rotatable bonds is 5. The Hall–Kier alpha value is -2.69. The van der Waals surface area contributed by atoms with E-state index in [-0.39, 0.29) is 11.9 Å². The molecular weight excluding hydrogens is 331 g/mol. The fourth-order valence-electron chi connectivity index (χ4n) is 3.36. The van der Waals surface area contributed by atoms with Gasteiger partial charge in [0.15, 0.2) is 0 Å². The van der Waals surface area contributed by atoms with Gasteiger partial charge in [-0.05, 0) is 43.2 Å². The SMILES string of the molecule is C=CCC1(c2ccc(F)cc2)CCN(C(C)c2ccc(C)cn2)C(=O)O1. The van der Waals surface area contributed by atoms with Crippen molar-refractivity contribution in [2.45, 2.75) is 38.3 Å². The molecule has 2 atom stereocenters. The highest BCUT2D eigenvalue weighted by atomic mass is 19.1. The van der Waals surface area contributed by atoms with Crippen molar-refractivity contribution in [1.82, 2.24) is 9.88 Å². The molecule has 0 saturated carbocycles. The molecule has 1 aliphatic rings. The second kappa shape index (κ2) is 7.28. The number of benzene rings is 1. The van der Waals surface area contributed by atoms with Crippen LogP contribution < -0.4 is 0 Å². The first-order valence-corrected chi connectivity index (χ1v) is 8.74. The van der Waals surface area contributed by atoms with E-state index in [9.17, 15) is 9.18 Å². The van der Waals surface area contributed by atoms with Crippen LogP contribution in [-0.2, 0) is 10.3 Å². The Kier molecular flexibility index (Phi) is 5.07. The van der Waals surface area contributed by atoms with E-state index in [0.717, 1.165) is 16.8 Å². The number of aryl methyl sites for hydroxylation is 1. The maximum atomic E-state index is 13.3. The molecule has 0 spiro atoms. The van der Waals surface area contributed by atoms with Crippen LogP contribution in [0.25, 0.3) is 0 Å².